The van der Waals surface area contributed by atoms with Crippen molar-refractivity contribution < 1.29 is 9.53 Å². The van der Waals surface area contributed by atoms with E-state index in [1.807, 2.05) is 13.0 Å². The van der Waals surface area contributed by atoms with Crippen LogP contribution in [-0.2, 0) is 6.42 Å². The molecule has 104 valence electrons. The minimum atomic E-state index is -0.00873. The quantitative estimate of drug-likeness (QED) is 0.763. The van der Waals surface area contributed by atoms with Crippen LogP contribution >= 0.6 is 23.2 Å². The number of carbonyl (C=O) groups is 1. The fourth-order valence-corrected chi connectivity index (χ4v) is 2.41. The summed E-state index contributed by atoms with van der Waals surface area (Å²) in [6.07, 6.45) is 0.227. The van der Waals surface area contributed by atoms with E-state index in [1.165, 1.54) is 0 Å². The molecule has 0 bridgehead atoms. The molecule has 0 spiro atoms. The predicted octanol–water partition coefficient (Wildman–Crippen LogP) is 4.74. The first-order chi connectivity index (χ1) is 9.51. The molecule has 2 rings (SSSR count). The standard InChI is InChI=1S/C16H14Cl2O2/c1-10-3-4-13(18)9-14(10)15(19)8-11-7-12(17)5-6-16(11)20-2/h3-7,9H,8H2,1-2H3. The Balaban J connectivity index is 2.32. The molecule has 0 atom stereocenters. The summed E-state index contributed by atoms with van der Waals surface area (Å²) in [4.78, 5) is 12.4. The van der Waals surface area contributed by atoms with Crippen molar-refractivity contribution in [3.05, 3.63) is 63.1 Å². The summed E-state index contributed by atoms with van der Waals surface area (Å²) in [6.45, 7) is 1.89. The van der Waals surface area contributed by atoms with Gasteiger partial charge in [0.15, 0.2) is 5.78 Å². The number of ketones is 1. The number of rotatable bonds is 4. The molecule has 0 unspecified atom stereocenters. The fraction of sp³-hybridized carbons (Fsp3) is 0.188. The van der Waals surface area contributed by atoms with Crippen molar-refractivity contribution in [3.63, 3.8) is 0 Å². The van der Waals surface area contributed by atoms with Crippen molar-refractivity contribution >= 4 is 29.0 Å². The first-order valence-electron chi connectivity index (χ1n) is 6.13. The van der Waals surface area contributed by atoms with Crippen molar-refractivity contribution in [1.29, 1.82) is 0 Å². The molecule has 0 fully saturated rings. The Kier molecular flexibility index (Phi) is 4.69. The highest BCUT2D eigenvalue weighted by molar-refractivity contribution is 6.31. The second kappa shape index (κ2) is 6.29. The van der Waals surface area contributed by atoms with E-state index in [0.717, 1.165) is 11.1 Å². The van der Waals surface area contributed by atoms with Crippen LogP contribution in [0.15, 0.2) is 36.4 Å². The number of Topliss-reactive ketones (excluding diaryl/α,β-unsaturated/α-hetero) is 1. The van der Waals surface area contributed by atoms with Gasteiger partial charge in [0.2, 0.25) is 0 Å². The summed E-state index contributed by atoms with van der Waals surface area (Å²) in [6, 6.07) is 10.5. The lowest BCUT2D eigenvalue weighted by Gasteiger charge is -2.10. The average Bonchev–Trinajstić information content (AvgIpc) is 2.41. The van der Waals surface area contributed by atoms with E-state index in [4.69, 9.17) is 27.9 Å². The van der Waals surface area contributed by atoms with Gasteiger partial charge in [-0.2, -0.15) is 0 Å². The Bertz CT molecular complexity index is 651. The molecule has 0 N–H and O–H groups in total. The van der Waals surface area contributed by atoms with Crippen LogP contribution in [0.25, 0.3) is 0 Å². The molecule has 0 aliphatic rings. The van der Waals surface area contributed by atoms with Gasteiger partial charge in [-0.25, -0.2) is 0 Å². The maximum Gasteiger partial charge on any atom is 0.167 e. The zero-order valence-corrected chi connectivity index (χ0v) is 12.8. The molecule has 2 aromatic carbocycles. The molecule has 0 radical (unpaired) electrons. The lowest BCUT2D eigenvalue weighted by molar-refractivity contribution is 0.0991. The van der Waals surface area contributed by atoms with Crippen molar-refractivity contribution in [2.75, 3.05) is 7.11 Å². The van der Waals surface area contributed by atoms with Crippen LogP contribution < -0.4 is 4.74 Å². The molecule has 0 heterocycles. The highest BCUT2D eigenvalue weighted by Crippen LogP contribution is 2.25. The van der Waals surface area contributed by atoms with Crippen LogP contribution in [0.4, 0.5) is 0 Å². The summed E-state index contributed by atoms with van der Waals surface area (Å²) >= 11 is 11.9. The van der Waals surface area contributed by atoms with Gasteiger partial charge in [-0.15, -0.1) is 0 Å². The SMILES string of the molecule is COc1ccc(Cl)cc1CC(=O)c1cc(Cl)ccc1C. The van der Waals surface area contributed by atoms with Crippen LogP contribution in [0, 0.1) is 6.92 Å². The molecule has 0 aromatic heterocycles. The van der Waals surface area contributed by atoms with E-state index < -0.39 is 0 Å². The summed E-state index contributed by atoms with van der Waals surface area (Å²) in [5.74, 6) is 0.646. The summed E-state index contributed by atoms with van der Waals surface area (Å²) in [5, 5.41) is 1.13. The Morgan fingerprint density at radius 2 is 1.75 bits per heavy atom. The monoisotopic (exact) mass is 308 g/mol. The summed E-state index contributed by atoms with van der Waals surface area (Å²) in [7, 11) is 1.57. The largest absolute Gasteiger partial charge is 0.496 e. The number of carbonyl (C=O) groups excluding carboxylic acids is 1. The first-order valence-corrected chi connectivity index (χ1v) is 6.88. The van der Waals surface area contributed by atoms with Crippen LogP contribution in [0.5, 0.6) is 5.75 Å². The maximum atomic E-state index is 12.4. The Labute approximate surface area is 128 Å². The number of aryl methyl sites for hydroxylation is 1. The van der Waals surface area contributed by atoms with Gasteiger partial charge in [0.1, 0.15) is 5.75 Å². The average molecular weight is 309 g/mol. The minimum Gasteiger partial charge on any atom is -0.496 e. The molecule has 4 heteroatoms. The normalized spacial score (nSPS) is 10.4. The highest BCUT2D eigenvalue weighted by Gasteiger charge is 2.14. The van der Waals surface area contributed by atoms with E-state index in [9.17, 15) is 4.79 Å². The van der Waals surface area contributed by atoms with Crippen LogP contribution in [-0.4, -0.2) is 12.9 Å². The van der Waals surface area contributed by atoms with Gasteiger partial charge < -0.3 is 4.74 Å². The van der Waals surface area contributed by atoms with Crippen molar-refractivity contribution in [2.24, 2.45) is 0 Å². The molecule has 2 aromatic rings. The molecular formula is C16H14Cl2O2. The molecule has 0 aliphatic carbocycles. The van der Waals surface area contributed by atoms with Crippen LogP contribution in [0.2, 0.25) is 10.0 Å². The third-order valence-corrected chi connectivity index (χ3v) is 3.56. The van der Waals surface area contributed by atoms with Crippen molar-refractivity contribution in [2.45, 2.75) is 13.3 Å². The lowest BCUT2D eigenvalue weighted by Crippen LogP contribution is -2.07. The molecule has 0 saturated carbocycles. The first kappa shape index (κ1) is 14.9. The van der Waals surface area contributed by atoms with E-state index in [-0.39, 0.29) is 12.2 Å². The van der Waals surface area contributed by atoms with Gasteiger partial charge in [-0.05, 0) is 42.8 Å². The van der Waals surface area contributed by atoms with Crippen molar-refractivity contribution in [1.82, 2.24) is 0 Å². The topological polar surface area (TPSA) is 26.3 Å². The smallest absolute Gasteiger partial charge is 0.167 e. The Morgan fingerprint density at radius 1 is 1.10 bits per heavy atom. The minimum absolute atomic E-state index is 0.00873. The van der Waals surface area contributed by atoms with Crippen LogP contribution in [0.1, 0.15) is 21.5 Å². The fourth-order valence-electron chi connectivity index (χ4n) is 2.05. The number of hydrogen-bond donors (Lipinski definition) is 0. The highest BCUT2D eigenvalue weighted by atomic mass is 35.5. The van der Waals surface area contributed by atoms with E-state index in [0.29, 0.717) is 21.4 Å². The maximum absolute atomic E-state index is 12.4. The zero-order valence-electron chi connectivity index (χ0n) is 11.2. The van der Waals surface area contributed by atoms with Gasteiger partial charge >= 0.3 is 0 Å². The number of ether oxygens (including phenoxy) is 1. The van der Waals surface area contributed by atoms with Crippen LogP contribution in [0.3, 0.4) is 0 Å². The second-order valence-corrected chi connectivity index (χ2v) is 5.39. The summed E-state index contributed by atoms with van der Waals surface area (Å²) < 4.78 is 5.25. The van der Waals surface area contributed by atoms with Gasteiger partial charge in [0.25, 0.3) is 0 Å². The van der Waals surface area contributed by atoms with Gasteiger partial charge in [0, 0.05) is 27.6 Å². The Hall–Kier alpha value is -1.51. The number of halogens is 2. The van der Waals surface area contributed by atoms with E-state index in [1.54, 1.807) is 37.4 Å². The second-order valence-electron chi connectivity index (χ2n) is 4.52. The number of benzene rings is 2. The van der Waals surface area contributed by atoms with E-state index >= 15 is 0 Å². The third-order valence-electron chi connectivity index (χ3n) is 3.09. The van der Waals surface area contributed by atoms with Crippen molar-refractivity contribution in [3.8, 4) is 5.75 Å². The van der Waals surface area contributed by atoms with Gasteiger partial charge in [-0.1, -0.05) is 29.3 Å². The zero-order chi connectivity index (χ0) is 14.7. The Morgan fingerprint density at radius 3 is 2.45 bits per heavy atom. The molecular weight excluding hydrogens is 295 g/mol. The molecule has 2 nitrogen and oxygen atoms in total. The molecule has 0 aliphatic heterocycles. The van der Waals surface area contributed by atoms with E-state index in [2.05, 4.69) is 0 Å². The third kappa shape index (κ3) is 3.33. The van der Waals surface area contributed by atoms with Gasteiger partial charge in [-0.3, -0.25) is 4.79 Å². The number of hydrogen-bond acceptors (Lipinski definition) is 2. The predicted molar refractivity (Wildman–Crippen MR) is 82.2 cm³/mol. The summed E-state index contributed by atoms with van der Waals surface area (Å²) in [5.41, 5.74) is 2.30. The molecule has 20 heavy (non-hydrogen) atoms. The number of methoxy groups -OCH3 is 1. The molecule has 0 amide bonds. The lowest BCUT2D eigenvalue weighted by atomic mass is 9.99. The molecule has 0 saturated heterocycles. The van der Waals surface area contributed by atoms with Gasteiger partial charge in [0.05, 0.1) is 7.11 Å².